The highest BCUT2D eigenvalue weighted by Gasteiger charge is 1.99. The second-order valence-electron chi connectivity index (χ2n) is 5.13. The molecule has 0 atom stereocenters. The second-order valence-corrected chi connectivity index (χ2v) is 5.13. The molecule has 0 aliphatic carbocycles. The van der Waals surface area contributed by atoms with Crippen LogP contribution < -0.4 is 9.47 Å². The second kappa shape index (κ2) is 6.97. The summed E-state index contributed by atoms with van der Waals surface area (Å²) in [6.07, 6.45) is 4.06. The van der Waals surface area contributed by atoms with Crippen LogP contribution in [-0.4, -0.2) is 18.7 Å². The molecule has 0 unspecified atom stereocenters. The van der Waals surface area contributed by atoms with E-state index in [4.69, 9.17) is 9.47 Å². The first-order valence-corrected chi connectivity index (χ1v) is 7.64. The summed E-state index contributed by atoms with van der Waals surface area (Å²) in [5.74, 6) is 1.74. The van der Waals surface area contributed by atoms with E-state index in [-0.39, 0.29) is 0 Å². The number of methoxy groups -OCH3 is 1. The Balaban J connectivity index is 1.82. The molecular formula is C20H19NO2. The van der Waals surface area contributed by atoms with Crippen LogP contribution in [-0.2, 0) is 0 Å². The summed E-state index contributed by atoms with van der Waals surface area (Å²) in [4.78, 5) is 4.66. The van der Waals surface area contributed by atoms with Crippen LogP contribution in [0.1, 0.15) is 18.2 Å². The number of hydrogen-bond donors (Lipinski definition) is 0. The van der Waals surface area contributed by atoms with Gasteiger partial charge in [0.2, 0.25) is 0 Å². The quantitative estimate of drug-likeness (QED) is 0.677. The summed E-state index contributed by atoms with van der Waals surface area (Å²) in [5.41, 5.74) is 3.00. The van der Waals surface area contributed by atoms with E-state index in [0.717, 1.165) is 33.7 Å². The molecule has 0 fully saturated rings. The summed E-state index contributed by atoms with van der Waals surface area (Å²) >= 11 is 0. The molecule has 0 radical (unpaired) electrons. The molecule has 0 aliphatic heterocycles. The lowest BCUT2D eigenvalue weighted by Crippen LogP contribution is -1.91. The summed E-state index contributed by atoms with van der Waals surface area (Å²) in [6.45, 7) is 2.65. The van der Waals surface area contributed by atoms with Gasteiger partial charge in [-0.1, -0.05) is 24.3 Å². The monoisotopic (exact) mass is 305 g/mol. The van der Waals surface area contributed by atoms with Crippen molar-refractivity contribution < 1.29 is 9.47 Å². The molecule has 3 heteroatoms. The topological polar surface area (TPSA) is 31.4 Å². The first-order chi connectivity index (χ1) is 11.3. The smallest absolute Gasteiger partial charge is 0.120 e. The molecule has 1 aromatic heterocycles. The number of benzene rings is 2. The molecule has 3 aromatic rings. The van der Waals surface area contributed by atoms with E-state index in [0.29, 0.717) is 6.61 Å². The standard InChI is InChI=1S/C20H19NO2/c1-3-23-19-12-13-20-16(14-19)7-9-17(21-20)8-4-15-5-10-18(22-2)11-6-15/h4-14H,3H2,1-2H3/b8-4+. The van der Waals surface area contributed by atoms with Crippen LogP contribution in [0.25, 0.3) is 23.1 Å². The lowest BCUT2D eigenvalue weighted by Gasteiger charge is -2.05. The third-order valence-corrected chi connectivity index (χ3v) is 3.56. The summed E-state index contributed by atoms with van der Waals surface area (Å²) in [7, 11) is 1.67. The van der Waals surface area contributed by atoms with E-state index in [2.05, 4.69) is 11.1 Å². The van der Waals surface area contributed by atoms with Crippen LogP contribution >= 0.6 is 0 Å². The van der Waals surface area contributed by atoms with Gasteiger partial charge in [0.25, 0.3) is 0 Å². The van der Waals surface area contributed by atoms with Crippen LogP contribution in [0.15, 0.2) is 54.6 Å². The maximum atomic E-state index is 5.52. The molecule has 0 amide bonds. The number of ether oxygens (including phenoxy) is 2. The van der Waals surface area contributed by atoms with Crippen molar-refractivity contribution in [3.05, 3.63) is 65.9 Å². The van der Waals surface area contributed by atoms with E-state index in [1.807, 2.05) is 67.6 Å². The Kier molecular flexibility index (Phi) is 4.57. The van der Waals surface area contributed by atoms with Crippen LogP contribution in [0.4, 0.5) is 0 Å². The average molecular weight is 305 g/mol. The predicted molar refractivity (Wildman–Crippen MR) is 94.8 cm³/mol. The Labute approximate surface area is 136 Å². The fourth-order valence-corrected chi connectivity index (χ4v) is 2.37. The van der Waals surface area contributed by atoms with Gasteiger partial charge >= 0.3 is 0 Å². The van der Waals surface area contributed by atoms with Gasteiger partial charge in [-0.15, -0.1) is 0 Å². The highest BCUT2D eigenvalue weighted by atomic mass is 16.5. The van der Waals surface area contributed by atoms with Crippen molar-refractivity contribution in [2.24, 2.45) is 0 Å². The van der Waals surface area contributed by atoms with Gasteiger partial charge in [0.15, 0.2) is 0 Å². The van der Waals surface area contributed by atoms with Gasteiger partial charge in [-0.3, -0.25) is 0 Å². The van der Waals surface area contributed by atoms with Crippen molar-refractivity contribution >= 4 is 23.1 Å². The summed E-state index contributed by atoms with van der Waals surface area (Å²) < 4.78 is 10.7. The number of hydrogen-bond acceptors (Lipinski definition) is 3. The molecule has 2 aromatic carbocycles. The first-order valence-electron chi connectivity index (χ1n) is 7.64. The van der Waals surface area contributed by atoms with Crippen molar-refractivity contribution in [1.82, 2.24) is 4.98 Å². The van der Waals surface area contributed by atoms with E-state index in [1.54, 1.807) is 7.11 Å². The highest BCUT2D eigenvalue weighted by molar-refractivity contribution is 5.82. The molecule has 0 spiro atoms. The van der Waals surface area contributed by atoms with Gasteiger partial charge in [0.1, 0.15) is 11.5 Å². The molecule has 0 aliphatic rings. The molecule has 3 rings (SSSR count). The van der Waals surface area contributed by atoms with Gasteiger partial charge in [0.05, 0.1) is 24.9 Å². The zero-order chi connectivity index (χ0) is 16.1. The van der Waals surface area contributed by atoms with Crippen molar-refractivity contribution in [3.8, 4) is 11.5 Å². The number of aromatic nitrogens is 1. The molecule has 0 saturated carbocycles. The molecular weight excluding hydrogens is 286 g/mol. The fraction of sp³-hybridized carbons (Fsp3) is 0.150. The predicted octanol–water partition coefficient (Wildman–Crippen LogP) is 4.81. The third kappa shape index (κ3) is 3.69. The van der Waals surface area contributed by atoms with Crippen LogP contribution in [0.5, 0.6) is 11.5 Å². The fourth-order valence-electron chi connectivity index (χ4n) is 2.37. The lowest BCUT2D eigenvalue weighted by molar-refractivity contribution is 0.340. The first kappa shape index (κ1) is 15.1. The third-order valence-electron chi connectivity index (χ3n) is 3.56. The van der Waals surface area contributed by atoms with Gasteiger partial charge < -0.3 is 9.47 Å². The molecule has 0 N–H and O–H groups in total. The van der Waals surface area contributed by atoms with Crippen molar-refractivity contribution in [3.63, 3.8) is 0 Å². The Morgan fingerprint density at radius 3 is 2.43 bits per heavy atom. The van der Waals surface area contributed by atoms with Gasteiger partial charge in [-0.2, -0.15) is 0 Å². The molecule has 116 valence electrons. The van der Waals surface area contributed by atoms with Gasteiger partial charge in [-0.05, 0) is 55.0 Å². The lowest BCUT2D eigenvalue weighted by atomic mass is 10.1. The SMILES string of the molecule is CCOc1ccc2nc(/C=C/c3ccc(OC)cc3)ccc2c1. The Morgan fingerprint density at radius 2 is 1.70 bits per heavy atom. The highest BCUT2D eigenvalue weighted by Crippen LogP contribution is 2.21. The van der Waals surface area contributed by atoms with Crippen molar-refractivity contribution in [2.75, 3.05) is 13.7 Å². The molecule has 23 heavy (non-hydrogen) atoms. The van der Waals surface area contributed by atoms with Crippen LogP contribution in [0.2, 0.25) is 0 Å². The molecule has 0 saturated heterocycles. The number of nitrogens with zero attached hydrogens (tertiary/aromatic N) is 1. The zero-order valence-electron chi connectivity index (χ0n) is 13.3. The Morgan fingerprint density at radius 1 is 0.913 bits per heavy atom. The average Bonchev–Trinajstić information content (AvgIpc) is 2.60. The van der Waals surface area contributed by atoms with Gasteiger partial charge in [-0.25, -0.2) is 4.98 Å². The van der Waals surface area contributed by atoms with E-state index in [1.165, 1.54) is 0 Å². The number of pyridine rings is 1. The van der Waals surface area contributed by atoms with Crippen molar-refractivity contribution in [2.45, 2.75) is 6.92 Å². The summed E-state index contributed by atoms with van der Waals surface area (Å²) in [5, 5.41) is 1.08. The zero-order valence-corrected chi connectivity index (χ0v) is 13.3. The largest absolute Gasteiger partial charge is 0.497 e. The minimum Gasteiger partial charge on any atom is -0.497 e. The number of fused-ring (bicyclic) bond motifs is 1. The summed E-state index contributed by atoms with van der Waals surface area (Å²) in [6, 6.07) is 18.0. The molecule has 0 bridgehead atoms. The van der Waals surface area contributed by atoms with Crippen LogP contribution in [0.3, 0.4) is 0 Å². The maximum absolute atomic E-state index is 5.52. The Hall–Kier alpha value is -2.81. The van der Waals surface area contributed by atoms with E-state index in [9.17, 15) is 0 Å². The minimum absolute atomic E-state index is 0.668. The number of rotatable bonds is 5. The Bertz CT molecular complexity index is 823. The normalized spacial score (nSPS) is 11.0. The van der Waals surface area contributed by atoms with E-state index < -0.39 is 0 Å². The van der Waals surface area contributed by atoms with E-state index >= 15 is 0 Å². The van der Waals surface area contributed by atoms with Gasteiger partial charge in [0, 0.05) is 5.39 Å². The molecule has 1 heterocycles. The molecule has 3 nitrogen and oxygen atoms in total. The minimum atomic E-state index is 0.668. The van der Waals surface area contributed by atoms with Crippen molar-refractivity contribution in [1.29, 1.82) is 0 Å². The van der Waals surface area contributed by atoms with Crippen LogP contribution in [0, 0.1) is 0 Å². The maximum Gasteiger partial charge on any atom is 0.120 e.